The molecule has 0 amide bonds. The maximum Gasteiger partial charge on any atom is 0.199 e. The minimum atomic E-state index is -0.580. The van der Waals surface area contributed by atoms with Crippen LogP contribution in [0.4, 0.5) is 8.78 Å². The van der Waals surface area contributed by atoms with E-state index >= 15 is 0 Å². The highest BCUT2D eigenvalue weighted by Crippen LogP contribution is 2.45. The van der Waals surface area contributed by atoms with Crippen molar-refractivity contribution in [2.24, 2.45) is 0 Å². The molecule has 3 aromatic rings. The van der Waals surface area contributed by atoms with E-state index in [9.17, 15) is 8.78 Å². The number of rotatable bonds is 4. The van der Waals surface area contributed by atoms with Crippen LogP contribution in [0.1, 0.15) is 48.0 Å². The van der Waals surface area contributed by atoms with Gasteiger partial charge in [0.15, 0.2) is 6.29 Å². The molecule has 3 nitrogen and oxygen atoms in total. The van der Waals surface area contributed by atoms with E-state index < -0.39 is 11.6 Å². The van der Waals surface area contributed by atoms with Crippen LogP contribution in [-0.4, -0.2) is 12.9 Å². The van der Waals surface area contributed by atoms with E-state index in [1.165, 1.54) is 12.1 Å². The van der Waals surface area contributed by atoms with Crippen molar-refractivity contribution in [3.63, 3.8) is 0 Å². The second-order valence-corrected chi connectivity index (χ2v) is 9.53. The maximum atomic E-state index is 14.0. The summed E-state index contributed by atoms with van der Waals surface area (Å²) in [5.74, 6) is 0.0511. The van der Waals surface area contributed by atoms with Crippen molar-refractivity contribution in [3.05, 3.63) is 92.6 Å². The van der Waals surface area contributed by atoms with Crippen LogP contribution in [0.25, 0.3) is 0 Å². The standard InChI is InChI=1S/C26H23F2IO3/c27-19-11-18(12-20(28)14-19)23-13-17-6-9-22(31-25-3-1-2-10-30-25)15-24(17)32-26(23)16-4-7-21(29)8-5-16/h4-9,11-12,14-15,23,25-26H,1-3,10,13H2. The molecule has 166 valence electrons. The van der Waals surface area contributed by atoms with Crippen LogP contribution < -0.4 is 9.47 Å². The van der Waals surface area contributed by atoms with Gasteiger partial charge >= 0.3 is 0 Å². The first-order valence-electron chi connectivity index (χ1n) is 10.8. The van der Waals surface area contributed by atoms with Gasteiger partial charge in [-0.25, -0.2) is 8.78 Å². The van der Waals surface area contributed by atoms with Gasteiger partial charge in [-0.15, -0.1) is 0 Å². The molecule has 6 heteroatoms. The van der Waals surface area contributed by atoms with Crippen molar-refractivity contribution in [2.75, 3.05) is 6.61 Å². The summed E-state index contributed by atoms with van der Waals surface area (Å²) in [6.07, 6.45) is 3.02. The number of benzene rings is 3. The first kappa shape index (κ1) is 21.6. The van der Waals surface area contributed by atoms with Crippen LogP contribution in [0.3, 0.4) is 0 Å². The molecule has 32 heavy (non-hydrogen) atoms. The highest BCUT2D eigenvalue weighted by atomic mass is 127. The first-order valence-corrected chi connectivity index (χ1v) is 11.9. The lowest BCUT2D eigenvalue weighted by molar-refractivity contribution is -0.106. The molecule has 3 aromatic carbocycles. The molecule has 0 bridgehead atoms. The molecule has 0 spiro atoms. The van der Waals surface area contributed by atoms with E-state index in [-0.39, 0.29) is 18.3 Å². The summed E-state index contributed by atoms with van der Waals surface area (Å²) in [6.45, 7) is 0.715. The zero-order valence-electron chi connectivity index (χ0n) is 17.4. The van der Waals surface area contributed by atoms with Gasteiger partial charge in [0.25, 0.3) is 0 Å². The maximum absolute atomic E-state index is 14.0. The number of halogens is 3. The summed E-state index contributed by atoms with van der Waals surface area (Å²) in [4.78, 5) is 0. The minimum absolute atomic E-state index is 0.221. The molecule has 0 saturated carbocycles. The van der Waals surface area contributed by atoms with Crippen molar-refractivity contribution < 1.29 is 23.0 Å². The molecule has 1 fully saturated rings. The van der Waals surface area contributed by atoms with Gasteiger partial charge in [-0.2, -0.15) is 0 Å². The summed E-state index contributed by atoms with van der Waals surface area (Å²) in [7, 11) is 0. The van der Waals surface area contributed by atoms with E-state index in [4.69, 9.17) is 14.2 Å². The summed E-state index contributed by atoms with van der Waals surface area (Å²) < 4.78 is 47.3. The molecule has 1 saturated heterocycles. The lowest BCUT2D eigenvalue weighted by Crippen LogP contribution is -2.26. The zero-order chi connectivity index (χ0) is 22.1. The van der Waals surface area contributed by atoms with Crippen LogP contribution in [0.5, 0.6) is 11.5 Å². The molecule has 2 aliphatic heterocycles. The van der Waals surface area contributed by atoms with E-state index in [0.717, 1.165) is 45.8 Å². The summed E-state index contributed by atoms with van der Waals surface area (Å²) in [6, 6.07) is 17.5. The second kappa shape index (κ2) is 9.35. The van der Waals surface area contributed by atoms with E-state index in [1.54, 1.807) is 0 Å². The molecule has 0 radical (unpaired) electrons. The Bertz CT molecular complexity index is 1080. The van der Waals surface area contributed by atoms with Crippen LogP contribution >= 0.6 is 22.6 Å². The van der Waals surface area contributed by atoms with Gasteiger partial charge in [0.05, 0.1) is 6.61 Å². The highest BCUT2D eigenvalue weighted by molar-refractivity contribution is 14.1. The van der Waals surface area contributed by atoms with Crippen LogP contribution in [-0.2, 0) is 11.2 Å². The van der Waals surface area contributed by atoms with Gasteiger partial charge in [0.1, 0.15) is 29.2 Å². The molecule has 0 aliphatic carbocycles. The molecule has 0 N–H and O–H groups in total. The van der Waals surface area contributed by atoms with Crippen molar-refractivity contribution in [1.82, 2.24) is 0 Å². The molecule has 3 atom stereocenters. The molecule has 0 aromatic heterocycles. The predicted molar refractivity (Wildman–Crippen MR) is 126 cm³/mol. The fraction of sp³-hybridized carbons (Fsp3) is 0.308. The number of hydrogen-bond donors (Lipinski definition) is 0. The van der Waals surface area contributed by atoms with E-state index in [0.29, 0.717) is 24.3 Å². The normalized spacial score (nSPS) is 22.7. The Labute approximate surface area is 199 Å². The molecule has 2 aliphatic rings. The Hall–Kier alpha value is -2.19. The van der Waals surface area contributed by atoms with Gasteiger partial charge in [-0.1, -0.05) is 18.2 Å². The number of hydrogen-bond acceptors (Lipinski definition) is 3. The SMILES string of the molecule is Fc1cc(F)cc(C2Cc3ccc(OC4CCCCO4)cc3OC2c2ccc(I)cc2)c1. The third-order valence-corrected chi connectivity index (χ3v) is 6.73. The Kier molecular flexibility index (Phi) is 6.33. The monoisotopic (exact) mass is 548 g/mol. The Balaban J connectivity index is 1.49. The predicted octanol–water partition coefficient (Wildman–Crippen LogP) is 6.93. The summed E-state index contributed by atoms with van der Waals surface area (Å²) in [5, 5.41) is 0. The van der Waals surface area contributed by atoms with Crippen LogP contribution in [0.2, 0.25) is 0 Å². The molecule has 2 heterocycles. The summed E-state index contributed by atoms with van der Waals surface area (Å²) >= 11 is 2.26. The van der Waals surface area contributed by atoms with Gasteiger partial charge < -0.3 is 14.2 Å². The Morgan fingerprint density at radius 2 is 1.66 bits per heavy atom. The highest BCUT2D eigenvalue weighted by Gasteiger charge is 2.33. The molecule has 3 unspecified atom stereocenters. The number of ether oxygens (including phenoxy) is 3. The first-order chi connectivity index (χ1) is 15.5. The summed E-state index contributed by atoms with van der Waals surface area (Å²) in [5.41, 5.74) is 2.54. The number of fused-ring (bicyclic) bond motifs is 1. The lowest BCUT2D eigenvalue weighted by atomic mass is 9.82. The topological polar surface area (TPSA) is 27.7 Å². The van der Waals surface area contributed by atoms with Crippen molar-refractivity contribution in [1.29, 1.82) is 0 Å². The van der Waals surface area contributed by atoms with Gasteiger partial charge in [0.2, 0.25) is 0 Å². The Morgan fingerprint density at radius 3 is 2.38 bits per heavy atom. The van der Waals surface area contributed by atoms with Gasteiger partial charge in [-0.05, 0) is 88.9 Å². The van der Waals surface area contributed by atoms with Crippen molar-refractivity contribution in [3.8, 4) is 11.5 Å². The average molecular weight is 548 g/mol. The minimum Gasteiger partial charge on any atom is -0.485 e. The Morgan fingerprint density at radius 1 is 0.875 bits per heavy atom. The quantitative estimate of drug-likeness (QED) is 0.331. The molecular weight excluding hydrogens is 525 g/mol. The van der Waals surface area contributed by atoms with Crippen LogP contribution in [0, 0.1) is 15.2 Å². The average Bonchev–Trinajstić information content (AvgIpc) is 2.79. The van der Waals surface area contributed by atoms with E-state index in [1.807, 2.05) is 42.5 Å². The van der Waals surface area contributed by atoms with Gasteiger partial charge in [0, 0.05) is 28.0 Å². The van der Waals surface area contributed by atoms with Gasteiger partial charge in [-0.3, -0.25) is 0 Å². The zero-order valence-corrected chi connectivity index (χ0v) is 19.6. The van der Waals surface area contributed by atoms with Crippen molar-refractivity contribution >= 4 is 22.6 Å². The van der Waals surface area contributed by atoms with Crippen LogP contribution in [0.15, 0.2) is 60.7 Å². The lowest BCUT2D eigenvalue weighted by Gasteiger charge is -2.35. The van der Waals surface area contributed by atoms with Crippen molar-refractivity contribution in [2.45, 2.75) is 44.0 Å². The smallest absolute Gasteiger partial charge is 0.199 e. The fourth-order valence-electron chi connectivity index (χ4n) is 4.44. The molecule has 5 rings (SSSR count). The third-order valence-electron chi connectivity index (χ3n) is 6.01. The molecular formula is C26H23F2IO3. The van der Waals surface area contributed by atoms with E-state index in [2.05, 4.69) is 22.6 Å². The third kappa shape index (κ3) is 4.76. The fourth-order valence-corrected chi connectivity index (χ4v) is 4.80. The second-order valence-electron chi connectivity index (χ2n) is 8.29. The largest absolute Gasteiger partial charge is 0.485 e.